The molecule has 37 heavy (non-hydrogen) atoms. The van der Waals surface area contributed by atoms with E-state index in [2.05, 4.69) is 26.6 Å². The van der Waals surface area contributed by atoms with Crippen LogP contribution in [0.3, 0.4) is 0 Å². The Morgan fingerprint density at radius 3 is 2.46 bits per heavy atom. The van der Waals surface area contributed by atoms with Crippen LogP contribution in [-0.2, 0) is 14.4 Å². The van der Waals surface area contributed by atoms with Gasteiger partial charge < -0.3 is 25.4 Å². The molecule has 0 saturated carbocycles. The minimum absolute atomic E-state index is 0.00313. The summed E-state index contributed by atoms with van der Waals surface area (Å²) in [7, 11) is 0. The molecule has 0 radical (unpaired) electrons. The molecule has 1 aromatic rings. The van der Waals surface area contributed by atoms with Crippen molar-refractivity contribution in [3.8, 4) is 5.75 Å². The number of alkyl halides is 1. The van der Waals surface area contributed by atoms with Crippen LogP contribution in [0.5, 0.6) is 5.75 Å². The van der Waals surface area contributed by atoms with Gasteiger partial charge in [-0.05, 0) is 57.4 Å². The zero-order valence-corrected chi connectivity index (χ0v) is 24.5. The molecule has 8 atom stereocenters. The minimum Gasteiger partial charge on any atom is -0.494 e. The zero-order valence-electron chi connectivity index (χ0n) is 22.1. The lowest BCUT2D eigenvalue weighted by molar-refractivity contribution is -0.143. The van der Waals surface area contributed by atoms with Crippen LogP contribution in [0, 0.1) is 17.8 Å². The van der Waals surface area contributed by atoms with Gasteiger partial charge in [0.15, 0.2) is 0 Å². The average molecular weight is 597 g/mol. The third-order valence-electron chi connectivity index (χ3n) is 7.99. The van der Waals surface area contributed by atoms with Gasteiger partial charge in [0.05, 0.1) is 35.8 Å². The van der Waals surface area contributed by atoms with Crippen molar-refractivity contribution in [2.45, 2.75) is 80.4 Å². The number of carbonyl (C=O) groups is 3. The molecule has 1 spiro atoms. The second-order valence-electron chi connectivity index (χ2n) is 10.7. The molecule has 0 aromatic heterocycles. The van der Waals surface area contributed by atoms with Gasteiger partial charge >= 0.3 is 0 Å². The Labute approximate surface area is 231 Å². The summed E-state index contributed by atoms with van der Waals surface area (Å²) >= 11 is 5.38. The van der Waals surface area contributed by atoms with E-state index >= 15 is 0 Å². The van der Waals surface area contributed by atoms with E-state index in [1.807, 2.05) is 34.6 Å². The number of anilines is 1. The summed E-state index contributed by atoms with van der Waals surface area (Å²) in [5.74, 6) is -1.16. The van der Waals surface area contributed by atoms with Gasteiger partial charge in [-0.25, -0.2) is 0 Å². The third kappa shape index (κ3) is 4.89. The number of nitrogens with zero attached hydrogens (tertiary/aromatic N) is 1. The molecule has 4 rings (SSSR count). The zero-order chi connectivity index (χ0) is 27.1. The molecule has 8 nitrogen and oxygen atoms in total. The van der Waals surface area contributed by atoms with Crippen molar-refractivity contribution in [2.24, 2.45) is 17.8 Å². The molecule has 3 aliphatic rings. The van der Waals surface area contributed by atoms with Gasteiger partial charge in [-0.1, -0.05) is 36.2 Å². The molecule has 204 valence electrons. The number of fused-ring (bicyclic) bond motifs is 1. The standard InChI is InChI=1S/C27H38BrN3O5S/c1-6-15(5)19(13-32)31-23(25(34)29-14(3)4)27-12-18(28)22(37-27)20(21(27)26(31)35)24(33)30-16-8-10-17(11-9-16)36-7-2/h8-11,14-15,18-23,32H,6-7,12-13H2,1-5H3,(H,29,34)(H,30,33)/t15-,18?,19-,20-,21-,22-,23?,27?/m0/s1. The first kappa shape index (κ1) is 28.2. The number of ether oxygens (including phenoxy) is 1. The number of aliphatic hydroxyl groups excluding tert-OH is 1. The molecule has 3 heterocycles. The topological polar surface area (TPSA) is 108 Å². The summed E-state index contributed by atoms with van der Waals surface area (Å²) in [6, 6.07) is 5.83. The van der Waals surface area contributed by atoms with Crippen molar-refractivity contribution in [3.63, 3.8) is 0 Å². The molecule has 0 aliphatic carbocycles. The van der Waals surface area contributed by atoms with Gasteiger partial charge in [0.1, 0.15) is 11.8 Å². The lowest BCUT2D eigenvalue weighted by Gasteiger charge is -2.39. The molecule has 3 amide bonds. The average Bonchev–Trinajstić information content (AvgIpc) is 3.44. The van der Waals surface area contributed by atoms with Crippen molar-refractivity contribution in [1.82, 2.24) is 10.2 Å². The van der Waals surface area contributed by atoms with Crippen LogP contribution in [0.15, 0.2) is 24.3 Å². The fraction of sp³-hybridized carbons (Fsp3) is 0.667. The number of nitrogens with one attached hydrogen (secondary N) is 2. The number of carbonyl (C=O) groups excluding carboxylic acids is 3. The minimum atomic E-state index is -0.753. The molecular weight excluding hydrogens is 558 g/mol. The summed E-state index contributed by atoms with van der Waals surface area (Å²) in [4.78, 5) is 43.2. The van der Waals surface area contributed by atoms with E-state index in [-0.39, 0.29) is 46.4 Å². The number of hydrogen-bond donors (Lipinski definition) is 3. The molecule has 2 bridgehead atoms. The van der Waals surface area contributed by atoms with Crippen molar-refractivity contribution >= 4 is 51.1 Å². The lowest BCUT2D eigenvalue weighted by atomic mass is 9.70. The predicted molar refractivity (Wildman–Crippen MR) is 149 cm³/mol. The van der Waals surface area contributed by atoms with Crippen molar-refractivity contribution < 1.29 is 24.2 Å². The Bertz CT molecular complexity index is 1020. The smallest absolute Gasteiger partial charge is 0.244 e. The number of halogens is 1. The fourth-order valence-electron chi connectivity index (χ4n) is 6.23. The number of hydrogen-bond acceptors (Lipinski definition) is 6. The van der Waals surface area contributed by atoms with Crippen molar-refractivity contribution in [2.75, 3.05) is 18.5 Å². The first-order valence-corrected chi connectivity index (χ1v) is 15.0. The highest BCUT2D eigenvalue weighted by Gasteiger charge is 2.76. The van der Waals surface area contributed by atoms with Crippen LogP contribution >= 0.6 is 27.7 Å². The highest BCUT2D eigenvalue weighted by atomic mass is 79.9. The van der Waals surface area contributed by atoms with Crippen LogP contribution in [-0.4, -0.2) is 73.9 Å². The van der Waals surface area contributed by atoms with E-state index in [0.717, 1.165) is 12.2 Å². The van der Waals surface area contributed by atoms with Gasteiger partial charge in [0.25, 0.3) is 0 Å². The Morgan fingerprint density at radius 2 is 1.89 bits per heavy atom. The van der Waals surface area contributed by atoms with E-state index in [9.17, 15) is 19.5 Å². The number of thioether (sulfide) groups is 1. The maximum atomic E-state index is 14.2. The second kappa shape index (κ2) is 11.1. The van der Waals surface area contributed by atoms with Crippen LogP contribution in [0.2, 0.25) is 0 Å². The molecule has 3 N–H and O–H groups in total. The molecule has 3 aliphatic heterocycles. The van der Waals surface area contributed by atoms with Crippen LogP contribution in [0.25, 0.3) is 0 Å². The summed E-state index contributed by atoms with van der Waals surface area (Å²) in [5.41, 5.74) is 0.630. The largest absolute Gasteiger partial charge is 0.494 e. The van der Waals surface area contributed by atoms with Gasteiger partial charge in [-0.15, -0.1) is 11.8 Å². The molecule has 10 heteroatoms. The Balaban J connectivity index is 1.70. The Hall–Kier alpha value is -1.78. The second-order valence-corrected chi connectivity index (χ2v) is 13.4. The van der Waals surface area contributed by atoms with Crippen molar-refractivity contribution in [3.05, 3.63) is 24.3 Å². The molecule has 3 fully saturated rings. The lowest BCUT2D eigenvalue weighted by Crippen LogP contribution is -2.58. The van der Waals surface area contributed by atoms with Gasteiger partial charge in [0, 0.05) is 21.8 Å². The monoisotopic (exact) mass is 595 g/mol. The number of rotatable bonds is 10. The molecule has 3 saturated heterocycles. The summed E-state index contributed by atoms with van der Waals surface area (Å²) in [5, 5.41) is 16.3. The van der Waals surface area contributed by atoms with Gasteiger partial charge in [-0.3, -0.25) is 14.4 Å². The third-order valence-corrected chi connectivity index (χ3v) is 11.2. The van der Waals surface area contributed by atoms with Crippen LogP contribution in [0.4, 0.5) is 5.69 Å². The number of benzene rings is 1. The normalized spacial score (nSPS) is 31.8. The van der Waals surface area contributed by atoms with E-state index in [1.165, 1.54) is 0 Å². The summed E-state index contributed by atoms with van der Waals surface area (Å²) < 4.78 is 4.75. The maximum absolute atomic E-state index is 14.2. The van der Waals surface area contributed by atoms with Crippen LogP contribution in [0.1, 0.15) is 47.5 Å². The van der Waals surface area contributed by atoms with E-state index < -0.39 is 28.7 Å². The SMILES string of the molecule is CCOc1ccc(NC(=O)[C@H]2[C@H]3C(=O)N([C@@H](CO)[C@@H](C)CC)C(C(=O)NC(C)C)C34CC(Br)[C@@H]2S4)cc1. The predicted octanol–water partition coefficient (Wildman–Crippen LogP) is 3.42. The van der Waals surface area contributed by atoms with E-state index in [0.29, 0.717) is 18.7 Å². The Morgan fingerprint density at radius 1 is 1.22 bits per heavy atom. The van der Waals surface area contributed by atoms with Crippen molar-refractivity contribution in [1.29, 1.82) is 0 Å². The van der Waals surface area contributed by atoms with Crippen LogP contribution < -0.4 is 15.4 Å². The highest BCUT2D eigenvalue weighted by Crippen LogP contribution is 2.68. The number of amides is 3. The maximum Gasteiger partial charge on any atom is 0.244 e. The Kier molecular flexibility index (Phi) is 8.50. The summed E-state index contributed by atoms with van der Waals surface area (Å²) in [6.07, 6.45) is 1.36. The van der Waals surface area contributed by atoms with Gasteiger partial charge in [0.2, 0.25) is 17.7 Å². The van der Waals surface area contributed by atoms with E-state index in [4.69, 9.17) is 4.74 Å². The molecular formula is C27H38BrN3O5S. The number of likely N-dealkylation sites (tertiary alicyclic amines) is 1. The molecule has 3 unspecified atom stereocenters. The summed E-state index contributed by atoms with van der Waals surface area (Å²) in [6.45, 7) is 10.0. The van der Waals surface area contributed by atoms with Gasteiger partial charge in [-0.2, -0.15) is 0 Å². The number of aliphatic hydroxyl groups is 1. The van der Waals surface area contributed by atoms with E-state index in [1.54, 1.807) is 40.9 Å². The highest BCUT2D eigenvalue weighted by molar-refractivity contribution is 9.09. The fourth-order valence-corrected chi connectivity index (χ4v) is 9.83. The molecule has 1 aromatic carbocycles. The first-order valence-electron chi connectivity index (χ1n) is 13.2. The quantitative estimate of drug-likeness (QED) is 0.358. The first-order chi connectivity index (χ1) is 17.6.